The van der Waals surface area contributed by atoms with Gasteiger partial charge in [-0.25, -0.2) is 0 Å². The fraction of sp³-hybridized carbons (Fsp3) is 0.636. The molecule has 86 valence electrons. The lowest BCUT2D eigenvalue weighted by atomic mass is 10.2. The molecule has 1 nitrogen and oxygen atoms in total. The van der Waals surface area contributed by atoms with Gasteiger partial charge < -0.3 is 5.32 Å². The van der Waals surface area contributed by atoms with Crippen LogP contribution in [0.25, 0.3) is 0 Å². The fourth-order valence-corrected chi connectivity index (χ4v) is 3.17. The van der Waals surface area contributed by atoms with Crippen LogP contribution in [-0.4, -0.2) is 11.9 Å². The van der Waals surface area contributed by atoms with Crippen LogP contribution in [0.2, 0.25) is 0 Å². The van der Waals surface area contributed by atoms with Gasteiger partial charge >= 0.3 is 0 Å². The van der Waals surface area contributed by atoms with Crippen LogP contribution >= 0.6 is 43.2 Å². The van der Waals surface area contributed by atoms with Crippen LogP contribution in [0.4, 0.5) is 0 Å². The van der Waals surface area contributed by atoms with Crippen LogP contribution < -0.4 is 5.32 Å². The average molecular weight is 355 g/mol. The molecule has 0 radical (unpaired) electrons. The molecule has 1 aromatic rings. The van der Waals surface area contributed by atoms with Gasteiger partial charge in [-0.1, -0.05) is 28.8 Å². The number of hydrogen-bond acceptors (Lipinski definition) is 2. The Balaban J connectivity index is 1.93. The van der Waals surface area contributed by atoms with Gasteiger partial charge in [0.15, 0.2) is 0 Å². The maximum absolute atomic E-state index is 3.47. The first-order valence-electron chi connectivity index (χ1n) is 5.32. The molecule has 0 spiro atoms. The van der Waals surface area contributed by atoms with Gasteiger partial charge in [0.1, 0.15) is 0 Å². The molecule has 0 aliphatic carbocycles. The smallest absolute Gasteiger partial charge is 0.0300 e. The van der Waals surface area contributed by atoms with Gasteiger partial charge in [0, 0.05) is 26.6 Å². The van der Waals surface area contributed by atoms with Crippen LogP contribution in [0, 0.1) is 0 Å². The predicted octanol–water partition coefficient (Wildman–Crippen LogP) is 4.56. The SMILES string of the molecule is BrCCCCCCNCc1cc(Br)cs1. The van der Waals surface area contributed by atoms with Gasteiger partial charge in [-0.15, -0.1) is 11.3 Å². The Hall–Kier alpha value is 0.620. The van der Waals surface area contributed by atoms with Crippen LogP contribution in [-0.2, 0) is 6.54 Å². The van der Waals surface area contributed by atoms with Crippen LogP contribution in [0.1, 0.15) is 30.6 Å². The van der Waals surface area contributed by atoms with Crippen molar-refractivity contribution in [3.63, 3.8) is 0 Å². The van der Waals surface area contributed by atoms with Crippen molar-refractivity contribution in [3.05, 3.63) is 20.8 Å². The Morgan fingerprint density at radius 3 is 2.67 bits per heavy atom. The van der Waals surface area contributed by atoms with Crippen LogP contribution in [0.5, 0.6) is 0 Å². The van der Waals surface area contributed by atoms with Crippen molar-refractivity contribution < 1.29 is 0 Å². The summed E-state index contributed by atoms with van der Waals surface area (Å²) in [7, 11) is 0. The van der Waals surface area contributed by atoms with E-state index in [1.54, 1.807) is 11.3 Å². The second kappa shape index (κ2) is 8.74. The third-order valence-corrected chi connectivity index (χ3v) is 4.42. The minimum atomic E-state index is 1.01. The lowest BCUT2D eigenvalue weighted by molar-refractivity contribution is 0.602. The number of rotatable bonds is 8. The van der Waals surface area contributed by atoms with E-state index < -0.39 is 0 Å². The number of alkyl halides is 1. The Morgan fingerprint density at radius 2 is 2.00 bits per heavy atom. The standard InChI is InChI=1S/C11H17Br2NS/c12-5-3-1-2-4-6-14-8-11-7-10(13)9-15-11/h7,9,14H,1-6,8H2. The highest BCUT2D eigenvalue weighted by atomic mass is 79.9. The Labute approximate surface area is 113 Å². The van der Waals surface area contributed by atoms with E-state index in [-0.39, 0.29) is 0 Å². The third-order valence-electron chi connectivity index (χ3n) is 2.16. The lowest BCUT2D eigenvalue weighted by Crippen LogP contribution is -2.13. The van der Waals surface area contributed by atoms with Gasteiger partial charge in [-0.3, -0.25) is 0 Å². The third kappa shape index (κ3) is 6.72. The van der Waals surface area contributed by atoms with Crippen molar-refractivity contribution in [3.8, 4) is 0 Å². The summed E-state index contributed by atoms with van der Waals surface area (Å²) in [6, 6.07) is 2.18. The number of hydrogen-bond donors (Lipinski definition) is 1. The first-order valence-corrected chi connectivity index (χ1v) is 8.12. The summed E-state index contributed by atoms with van der Waals surface area (Å²) in [5, 5.41) is 6.74. The van der Waals surface area contributed by atoms with E-state index in [0.29, 0.717) is 0 Å². The molecular formula is C11H17Br2NS. The zero-order valence-electron chi connectivity index (χ0n) is 8.77. The van der Waals surface area contributed by atoms with Crippen LogP contribution in [0.15, 0.2) is 15.9 Å². The molecule has 0 aromatic carbocycles. The molecular weight excluding hydrogens is 338 g/mol. The quantitative estimate of drug-likeness (QED) is 0.533. The molecule has 0 atom stereocenters. The zero-order chi connectivity index (χ0) is 10.9. The van der Waals surface area contributed by atoms with Gasteiger partial charge in [0.05, 0.1) is 0 Å². The Kier molecular flexibility index (Phi) is 7.97. The Morgan fingerprint density at radius 1 is 1.20 bits per heavy atom. The summed E-state index contributed by atoms with van der Waals surface area (Å²) in [6.07, 6.45) is 5.28. The molecule has 0 saturated heterocycles. The number of thiophene rings is 1. The summed E-state index contributed by atoms with van der Waals surface area (Å²) in [5.74, 6) is 0. The predicted molar refractivity (Wildman–Crippen MR) is 76.0 cm³/mol. The molecule has 1 aromatic heterocycles. The van der Waals surface area contributed by atoms with E-state index in [0.717, 1.165) is 18.4 Å². The molecule has 15 heavy (non-hydrogen) atoms. The summed E-state index contributed by atoms with van der Waals surface area (Å²) < 4.78 is 1.20. The van der Waals surface area contributed by atoms with Crippen LogP contribution in [0.3, 0.4) is 0 Å². The molecule has 0 fully saturated rings. The number of unbranched alkanes of at least 4 members (excludes halogenated alkanes) is 3. The normalized spacial score (nSPS) is 10.8. The fourth-order valence-electron chi connectivity index (χ4n) is 1.36. The maximum atomic E-state index is 3.47. The summed E-state index contributed by atoms with van der Waals surface area (Å²) in [6.45, 7) is 2.15. The molecule has 0 amide bonds. The molecule has 0 aliphatic heterocycles. The zero-order valence-corrected chi connectivity index (χ0v) is 12.8. The van der Waals surface area contributed by atoms with Crippen molar-refractivity contribution in [1.29, 1.82) is 0 Å². The van der Waals surface area contributed by atoms with Crippen molar-refractivity contribution in [2.24, 2.45) is 0 Å². The van der Waals surface area contributed by atoms with E-state index in [2.05, 4.69) is 48.6 Å². The molecule has 0 aliphatic rings. The van der Waals surface area contributed by atoms with Crippen molar-refractivity contribution in [2.45, 2.75) is 32.2 Å². The van der Waals surface area contributed by atoms with E-state index >= 15 is 0 Å². The molecule has 1 N–H and O–H groups in total. The highest BCUT2D eigenvalue weighted by Crippen LogP contribution is 2.19. The molecule has 1 heterocycles. The van der Waals surface area contributed by atoms with Crippen molar-refractivity contribution in [2.75, 3.05) is 11.9 Å². The van der Waals surface area contributed by atoms with E-state index in [1.807, 2.05) is 0 Å². The first-order chi connectivity index (χ1) is 7.33. The van der Waals surface area contributed by atoms with E-state index in [9.17, 15) is 0 Å². The number of halogens is 2. The lowest BCUT2D eigenvalue weighted by Gasteiger charge is -2.02. The first kappa shape index (κ1) is 13.7. The van der Waals surface area contributed by atoms with E-state index in [1.165, 1.54) is 35.0 Å². The highest BCUT2D eigenvalue weighted by Gasteiger charge is 1.96. The second-order valence-electron chi connectivity index (χ2n) is 3.51. The highest BCUT2D eigenvalue weighted by molar-refractivity contribution is 9.10. The minimum Gasteiger partial charge on any atom is -0.312 e. The average Bonchev–Trinajstić information content (AvgIpc) is 2.63. The molecule has 0 bridgehead atoms. The molecule has 4 heteroatoms. The van der Waals surface area contributed by atoms with Gasteiger partial charge in [0.2, 0.25) is 0 Å². The van der Waals surface area contributed by atoms with E-state index in [4.69, 9.17) is 0 Å². The van der Waals surface area contributed by atoms with Crippen molar-refractivity contribution in [1.82, 2.24) is 5.32 Å². The second-order valence-corrected chi connectivity index (χ2v) is 6.22. The van der Waals surface area contributed by atoms with Gasteiger partial charge in [0.25, 0.3) is 0 Å². The van der Waals surface area contributed by atoms with Gasteiger partial charge in [-0.05, 0) is 41.4 Å². The topological polar surface area (TPSA) is 12.0 Å². The molecule has 0 unspecified atom stereocenters. The summed E-state index contributed by atoms with van der Waals surface area (Å²) in [4.78, 5) is 1.40. The van der Waals surface area contributed by atoms with Gasteiger partial charge in [-0.2, -0.15) is 0 Å². The monoisotopic (exact) mass is 353 g/mol. The largest absolute Gasteiger partial charge is 0.312 e. The maximum Gasteiger partial charge on any atom is 0.0300 e. The number of nitrogens with one attached hydrogen (secondary N) is 1. The summed E-state index contributed by atoms with van der Waals surface area (Å²) in [5.41, 5.74) is 0. The Bertz CT molecular complexity index is 263. The summed E-state index contributed by atoms with van der Waals surface area (Å²) >= 11 is 8.71. The minimum absolute atomic E-state index is 1.01. The van der Waals surface area contributed by atoms with Crippen molar-refractivity contribution >= 4 is 43.2 Å². The molecule has 0 saturated carbocycles. The molecule has 1 rings (SSSR count).